The van der Waals surface area contributed by atoms with Crippen molar-refractivity contribution < 1.29 is 41.0 Å². The number of halogens is 5. The maximum atomic E-state index is 15.6. The van der Waals surface area contributed by atoms with Crippen LogP contribution in [0.15, 0.2) is 47.7 Å². The zero-order valence-electron chi connectivity index (χ0n) is 25.8. The van der Waals surface area contributed by atoms with E-state index in [0.29, 0.717) is 31.6 Å². The lowest BCUT2D eigenvalue weighted by Gasteiger charge is -2.25. The van der Waals surface area contributed by atoms with Crippen LogP contribution in [0, 0.1) is 35.0 Å². The Morgan fingerprint density at radius 2 is 1.83 bits per heavy atom. The number of nitrogens with two attached hydrogens (primary N) is 1. The van der Waals surface area contributed by atoms with Gasteiger partial charge in [-0.25, -0.2) is 32.7 Å². The van der Waals surface area contributed by atoms with Gasteiger partial charge in [-0.2, -0.15) is 8.78 Å². The van der Waals surface area contributed by atoms with Gasteiger partial charge in [0.1, 0.15) is 23.7 Å². The maximum Gasteiger partial charge on any atom is 0.330 e. The summed E-state index contributed by atoms with van der Waals surface area (Å²) in [6.07, 6.45) is 5.25. The molecule has 1 aliphatic heterocycles. The van der Waals surface area contributed by atoms with Crippen LogP contribution in [0.4, 0.5) is 32.6 Å². The van der Waals surface area contributed by atoms with Crippen LogP contribution in [0.5, 0.6) is 11.5 Å². The Kier molecular flexibility index (Phi) is 11.5. The Bertz CT molecular complexity index is 1680. The lowest BCUT2D eigenvalue weighted by atomic mass is 9.83. The topological polar surface area (TPSA) is 132 Å². The average Bonchev–Trinajstić information content (AvgIpc) is 3.53. The number of carbonyl (C=O) groups excluding carboxylic acids is 2. The number of hydrogen-bond donors (Lipinski definition) is 2. The number of nitrogens with zero attached hydrogens (tertiary/aromatic N) is 4. The van der Waals surface area contributed by atoms with E-state index in [9.17, 15) is 27.2 Å². The summed E-state index contributed by atoms with van der Waals surface area (Å²) >= 11 is 0. The van der Waals surface area contributed by atoms with Gasteiger partial charge >= 0.3 is 12.0 Å². The molecule has 0 bridgehead atoms. The molecule has 0 radical (unpaired) electrons. The van der Waals surface area contributed by atoms with Crippen molar-refractivity contribution in [1.29, 1.82) is 0 Å². The minimum atomic E-state index is -1.78. The first-order valence-corrected chi connectivity index (χ1v) is 14.7. The van der Waals surface area contributed by atoms with E-state index in [1.165, 1.54) is 31.6 Å². The molecule has 0 aliphatic carbocycles. The first kappa shape index (κ1) is 34.8. The third kappa shape index (κ3) is 7.84. The first-order chi connectivity index (χ1) is 22.5. The van der Waals surface area contributed by atoms with Crippen LogP contribution in [0.3, 0.4) is 0 Å². The van der Waals surface area contributed by atoms with Gasteiger partial charge in [-0.15, -0.1) is 0 Å². The number of ether oxygens (including phenoxy) is 2. The van der Waals surface area contributed by atoms with Gasteiger partial charge < -0.3 is 25.4 Å². The van der Waals surface area contributed by atoms with E-state index in [-0.39, 0.29) is 59.7 Å². The van der Waals surface area contributed by atoms with Crippen molar-refractivity contribution in [2.24, 2.45) is 10.9 Å². The molecule has 2 unspecified atom stereocenters. The quantitative estimate of drug-likeness (QED) is 0.0893. The zero-order valence-corrected chi connectivity index (χ0v) is 25.8. The van der Waals surface area contributed by atoms with Gasteiger partial charge in [0.15, 0.2) is 11.6 Å². The van der Waals surface area contributed by atoms with Crippen molar-refractivity contribution >= 4 is 23.5 Å². The van der Waals surface area contributed by atoms with E-state index < -0.39 is 46.6 Å². The van der Waals surface area contributed by atoms with E-state index in [4.69, 9.17) is 15.2 Å². The number of nitrogen functional groups attached to an aromatic ring is 1. The molecule has 0 saturated carbocycles. The number of benzene rings is 2. The summed E-state index contributed by atoms with van der Waals surface area (Å²) in [6.45, 7) is 4.87. The molecule has 47 heavy (non-hydrogen) atoms. The second-order valence-corrected chi connectivity index (χ2v) is 10.5. The molecule has 1 aromatic heterocycles. The molecule has 250 valence electrons. The van der Waals surface area contributed by atoms with Crippen LogP contribution < -0.4 is 15.8 Å². The standard InChI is InChI=1S/C32H33F5N6O4/c1-4-19(17-10-12-43(15-17)32(45)40-11-6-7-24(44)46-5-2)29-25(31(38)42-16-41-29)28(39-3)20-9-8-18(13-21(20)33)47-30-26(36)22(34)14-23(35)27(30)37/h6-9,13-14,16-17,19H,4-5,10-12,15H2,1-3H3,(H,40,45)(H2,38,41,42)/b7-6+,39-28-. The third-order valence-electron chi connectivity index (χ3n) is 7.64. The summed E-state index contributed by atoms with van der Waals surface area (Å²) in [4.78, 5) is 38.8. The molecule has 4 rings (SSSR count). The fourth-order valence-electron chi connectivity index (χ4n) is 5.47. The van der Waals surface area contributed by atoms with Gasteiger partial charge in [0.25, 0.3) is 0 Å². The minimum absolute atomic E-state index is 0.0223. The van der Waals surface area contributed by atoms with Crippen LogP contribution in [-0.4, -0.2) is 65.9 Å². The van der Waals surface area contributed by atoms with Crippen LogP contribution in [0.2, 0.25) is 0 Å². The Hall–Kier alpha value is -5.08. The molecule has 2 aromatic carbocycles. The molecule has 3 aromatic rings. The molecule has 2 atom stereocenters. The Morgan fingerprint density at radius 1 is 1.11 bits per heavy atom. The second kappa shape index (κ2) is 15.5. The van der Waals surface area contributed by atoms with Crippen LogP contribution in [-0.2, 0) is 9.53 Å². The number of esters is 1. The fourth-order valence-corrected chi connectivity index (χ4v) is 5.47. The minimum Gasteiger partial charge on any atom is -0.463 e. The summed E-state index contributed by atoms with van der Waals surface area (Å²) in [5, 5.41) is 2.74. The number of aromatic nitrogens is 2. The Morgan fingerprint density at radius 3 is 2.47 bits per heavy atom. The predicted octanol–water partition coefficient (Wildman–Crippen LogP) is 5.66. The molecule has 3 N–H and O–H groups in total. The van der Waals surface area contributed by atoms with Crippen molar-refractivity contribution in [3.05, 3.63) is 88.7 Å². The monoisotopic (exact) mass is 660 g/mol. The lowest BCUT2D eigenvalue weighted by molar-refractivity contribution is -0.137. The molecule has 15 heteroatoms. The number of aliphatic imine (C=N–C) groups is 1. The molecule has 1 saturated heterocycles. The highest BCUT2D eigenvalue weighted by Gasteiger charge is 2.35. The molecule has 10 nitrogen and oxygen atoms in total. The number of anilines is 1. The number of carbonyl (C=O) groups is 2. The number of amides is 2. The normalized spacial score (nSPS) is 15.6. The van der Waals surface area contributed by atoms with E-state index in [1.807, 2.05) is 6.92 Å². The van der Waals surface area contributed by atoms with Gasteiger partial charge in [0, 0.05) is 56.4 Å². The van der Waals surface area contributed by atoms with E-state index in [2.05, 4.69) is 20.3 Å². The molecule has 0 spiro atoms. The summed E-state index contributed by atoms with van der Waals surface area (Å²) in [5.74, 6) is -10.4. The summed E-state index contributed by atoms with van der Waals surface area (Å²) in [5.41, 5.74) is 7.07. The maximum absolute atomic E-state index is 15.6. The van der Waals surface area contributed by atoms with Crippen molar-refractivity contribution in [2.75, 3.05) is 39.0 Å². The molecular formula is C32H33F5N6O4. The number of hydrogen-bond acceptors (Lipinski definition) is 8. The van der Waals surface area contributed by atoms with Crippen molar-refractivity contribution in [2.45, 2.75) is 32.6 Å². The molecule has 2 amide bonds. The SMILES string of the molecule is CCOC(=O)/C=C/CNC(=O)N1CCC(C(CC)c2ncnc(N)c2/C(=N\C)c2ccc(Oc3c(F)c(F)cc(F)c3F)cc2F)C1. The largest absolute Gasteiger partial charge is 0.463 e. The summed E-state index contributed by atoms with van der Waals surface area (Å²) in [6, 6.07) is 2.88. The number of nitrogens with one attached hydrogen (secondary N) is 1. The highest BCUT2D eigenvalue weighted by molar-refractivity contribution is 6.16. The smallest absolute Gasteiger partial charge is 0.330 e. The fraction of sp³-hybridized carbons (Fsp3) is 0.344. The van der Waals surface area contributed by atoms with E-state index in [0.717, 1.165) is 12.1 Å². The lowest BCUT2D eigenvalue weighted by Crippen LogP contribution is -2.39. The van der Waals surface area contributed by atoms with Gasteiger partial charge in [-0.05, 0) is 37.8 Å². The highest BCUT2D eigenvalue weighted by Crippen LogP contribution is 2.38. The number of urea groups is 1. The van der Waals surface area contributed by atoms with Crippen molar-refractivity contribution in [3.63, 3.8) is 0 Å². The van der Waals surface area contributed by atoms with Gasteiger partial charge in [-0.1, -0.05) is 13.0 Å². The molecule has 1 aliphatic rings. The predicted molar refractivity (Wildman–Crippen MR) is 163 cm³/mol. The zero-order chi connectivity index (χ0) is 34.2. The van der Waals surface area contributed by atoms with Crippen molar-refractivity contribution in [1.82, 2.24) is 20.2 Å². The Balaban J connectivity index is 1.56. The van der Waals surface area contributed by atoms with Gasteiger partial charge in [0.05, 0.1) is 23.6 Å². The summed E-state index contributed by atoms with van der Waals surface area (Å²) < 4.78 is 80.9. The van der Waals surface area contributed by atoms with Crippen molar-refractivity contribution in [3.8, 4) is 11.5 Å². The van der Waals surface area contributed by atoms with Gasteiger partial charge in [-0.3, -0.25) is 4.99 Å². The Labute approximate surface area is 267 Å². The average molecular weight is 661 g/mol. The van der Waals surface area contributed by atoms with Crippen LogP contribution in [0.1, 0.15) is 49.4 Å². The number of rotatable bonds is 11. The third-order valence-corrected chi connectivity index (χ3v) is 7.64. The van der Waals surface area contributed by atoms with E-state index >= 15 is 4.39 Å². The summed E-state index contributed by atoms with van der Waals surface area (Å²) in [7, 11) is 1.41. The number of likely N-dealkylation sites (tertiary alicyclic amines) is 1. The molecular weight excluding hydrogens is 627 g/mol. The van der Waals surface area contributed by atoms with E-state index in [1.54, 1.807) is 11.8 Å². The molecule has 2 heterocycles. The molecule has 1 fully saturated rings. The van der Waals surface area contributed by atoms with Crippen LogP contribution in [0.25, 0.3) is 0 Å². The van der Waals surface area contributed by atoms with Crippen LogP contribution >= 0.6 is 0 Å². The highest BCUT2D eigenvalue weighted by atomic mass is 19.2. The second-order valence-electron chi connectivity index (χ2n) is 10.5. The first-order valence-electron chi connectivity index (χ1n) is 14.7. The van der Waals surface area contributed by atoms with Gasteiger partial charge in [0.2, 0.25) is 17.4 Å².